The van der Waals surface area contributed by atoms with Crippen LogP contribution in [0.3, 0.4) is 0 Å². The molecule has 1 saturated heterocycles. The number of nitrogens with zero attached hydrogens (tertiary/aromatic N) is 3. The summed E-state index contributed by atoms with van der Waals surface area (Å²) in [6.45, 7) is 2.71. The van der Waals surface area contributed by atoms with E-state index in [1.165, 1.54) is 6.42 Å². The van der Waals surface area contributed by atoms with Crippen molar-refractivity contribution in [3.63, 3.8) is 0 Å². The van der Waals surface area contributed by atoms with E-state index in [1.807, 2.05) is 0 Å². The second kappa shape index (κ2) is 5.64. The lowest BCUT2D eigenvalue weighted by Crippen LogP contribution is -2.38. The average molecular weight is 301 g/mol. The van der Waals surface area contributed by atoms with Crippen molar-refractivity contribution < 1.29 is 4.74 Å². The fourth-order valence-corrected chi connectivity index (χ4v) is 2.58. The number of aromatic nitrogens is 2. The summed E-state index contributed by atoms with van der Waals surface area (Å²) >= 11 is 3.34. The van der Waals surface area contributed by atoms with Crippen LogP contribution in [0.4, 0.5) is 11.8 Å². The van der Waals surface area contributed by atoms with E-state index in [9.17, 15) is 0 Å². The van der Waals surface area contributed by atoms with E-state index in [1.54, 1.807) is 13.2 Å². The van der Waals surface area contributed by atoms with Gasteiger partial charge in [-0.15, -0.1) is 0 Å². The Balaban J connectivity index is 2.10. The molecule has 94 valence electrons. The molecule has 1 atom stereocenters. The van der Waals surface area contributed by atoms with Crippen molar-refractivity contribution >= 4 is 27.7 Å². The summed E-state index contributed by atoms with van der Waals surface area (Å²) in [6, 6.07) is 1.71. The van der Waals surface area contributed by atoms with Crippen LogP contribution in [-0.4, -0.2) is 36.8 Å². The first kappa shape index (κ1) is 12.6. The number of ether oxygens (including phenoxy) is 1. The van der Waals surface area contributed by atoms with Gasteiger partial charge in [-0.1, -0.05) is 0 Å². The van der Waals surface area contributed by atoms with E-state index >= 15 is 0 Å². The summed E-state index contributed by atoms with van der Waals surface area (Å²) in [7, 11) is 1.74. The SMILES string of the molecule is COCC1CCCN(c2nc(N)cc(Br)n2)C1. The van der Waals surface area contributed by atoms with E-state index in [4.69, 9.17) is 10.5 Å². The third-order valence-corrected chi connectivity index (χ3v) is 3.31. The fraction of sp³-hybridized carbons (Fsp3) is 0.636. The van der Waals surface area contributed by atoms with Gasteiger partial charge in [0, 0.05) is 26.3 Å². The fourth-order valence-electron chi connectivity index (χ4n) is 2.18. The van der Waals surface area contributed by atoms with E-state index < -0.39 is 0 Å². The maximum absolute atomic E-state index is 5.73. The third kappa shape index (κ3) is 3.29. The van der Waals surface area contributed by atoms with Crippen LogP contribution in [0.25, 0.3) is 0 Å². The van der Waals surface area contributed by atoms with Crippen molar-refractivity contribution in [1.82, 2.24) is 9.97 Å². The van der Waals surface area contributed by atoms with Crippen molar-refractivity contribution in [3.05, 3.63) is 10.7 Å². The molecule has 0 amide bonds. The zero-order chi connectivity index (χ0) is 12.3. The Bertz CT molecular complexity index is 365. The number of rotatable bonds is 3. The number of methoxy groups -OCH3 is 1. The molecular weight excluding hydrogens is 284 g/mol. The van der Waals surface area contributed by atoms with Gasteiger partial charge < -0.3 is 15.4 Å². The van der Waals surface area contributed by atoms with Crippen LogP contribution in [0.15, 0.2) is 10.7 Å². The standard InChI is InChI=1S/C11H17BrN4O/c1-17-7-8-3-2-4-16(6-8)11-14-9(12)5-10(13)15-11/h5,8H,2-4,6-7H2,1H3,(H2,13,14,15). The largest absolute Gasteiger partial charge is 0.384 e. The first-order valence-corrected chi connectivity index (χ1v) is 6.52. The maximum Gasteiger partial charge on any atom is 0.228 e. The van der Waals surface area contributed by atoms with Gasteiger partial charge in [-0.2, -0.15) is 4.98 Å². The molecule has 0 spiro atoms. The lowest BCUT2D eigenvalue weighted by Gasteiger charge is -2.32. The molecule has 6 heteroatoms. The zero-order valence-corrected chi connectivity index (χ0v) is 11.5. The molecule has 5 nitrogen and oxygen atoms in total. The Labute approximate surface area is 110 Å². The Kier molecular flexibility index (Phi) is 4.17. The molecule has 1 aromatic rings. The lowest BCUT2D eigenvalue weighted by molar-refractivity contribution is 0.143. The zero-order valence-electron chi connectivity index (χ0n) is 9.90. The van der Waals surface area contributed by atoms with Gasteiger partial charge in [0.15, 0.2) is 0 Å². The molecule has 0 aromatic carbocycles. The van der Waals surface area contributed by atoms with E-state index in [0.29, 0.717) is 17.7 Å². The minimum atomic E-state index is 0.496. The highest BCUT2D eigenvalue weighted by atomic mass is 79.9. The molecule has 2 N–H and O–H groups in total. The minimum Gasteiger partial charge on any atom is -0.384 e. The highest BCUT2D eigenvalue weighted by molar-refractivity contribution is 9.10. The van der Waals surface area contributed by atoms with Gasteiger partial charge in [0.1, 0.15) is 10.4 Å². The van der Waals surface area contributed by atoms with Crippen LogP contribution < -0.4 is 10.6 Å². The number of nitrogen functional groups attached to an aromatic ring is 1. The van der Waals surface area contributed by atoms with Gasteiger partial charge >= 0.3 is 0 Å². The Hall–Kier alpha value is -0.880. The topological polar surface area (TPSA) is 64.3 Å². The minimum absolute atomic E-state index is 0.496. The van der Waals surface area contributed by atoms with Crippen molar-refractivity contribution in [3.8, 4) is 0 Å². The van der Waals surface area contributed by atoms with Gasteiger partial charge in [-0.25, -0.2) is 4.98 Å². The molecule has 1 unspecified atom stereocenters. The Morgan fingerprint density at radius 2 is 2.41 bits per heavy atom. The van der Waals surface area contributed by atoms with E-state index in [0.717, 1.165) is 30.7 Å². The van der Waals surface area contributed by atoms with Gasteiger partial charge in [0.25, 0.3) is 0 Å². The Morgan fingerprint density at radius 3 is 3.12 bits per heavy atom. The predicted octanol–water partition coefficient (Wildman–Crippen LogP) is 1.68. The number of halogens is 1. The van der Waals surface area contributed by atoms with E-state index in [2.05, 4.69) is 30.8 Å². The molecular formula is C11H17BrN4O. The summed E-state index contributed by atoms with van der Waals surface area (Å²) in [6.07, 6.45) is 2.34. The van der Waals surface area contributed by atoms with Gasteiger partial charge in [0.2, 0.25) is 5.95 Å². The second-order valence-corrected chi connectivity index (χ2v) is 5.14. The number of anilines is 2. The highest BCUT2D eigenvalue weighted by Gasteiger charge is 2.22. The molecule has 0 saturated carbocycles. The molecule has 2 rings (SSSR count). The second-order valence-electron chi connectivity index (χ2n) is 4.33. The molecule has 0 radical (unpaired) electrons. The summed E-state index contributed by atoms with van der Waals surface area (Å²) in [4.78, 5) is 10.8. The van der Waals surface area contributed by atoms with Gasteiger partial charge in [0.05, 0.1) is 6.61 Å². The van der Waals surface area contributed by atoms with Crippen LogP contribution in [0, 0.1) is 5.92 Å². The van der Waals surface area contributed by atoms with Crippen molar-refractivity contribution in [2.45, 2.75) is 12.8 Å². The predicted molar refractivity (Wildman–Crippen MR) is 71.0 cm³/mol. The molecule has 0 aliphatic carbocycles. The molecule has 17 heavy (non-hydrogen) atoms. The molecule has 0 bridgehead atoms. The quantitative estimate of drug-likeness (QED) is 0.861. The van der Waals surface area contributed by atoms with Crippen molar-refractivity contribution in [2.75, 3.05) is 37.4 Å². The number of nitrogens with two attached hydrogens (primary N) is 1. The highest BCUT2D eigenvalue weighted by Crippen LogP contribution is 2.22. The summed E-state index contributed by atoms with van der Waals surface area (Å²) in [5, 5.41) is 0. The van der Waals surface area contributed by atoms with Crippen LogP contribution in [-0.2, 0) is 4.74 Å². The maximum atomic E-state index is 5.73. The molecule has 1 fully saturated rings. The van der Waals surface area contributed by atoms with Crippen LogP contribution >= 0.6 is 15.9 Å². The van der Waals surface area contributed by atoms with Crippen molar-refractivity contribution in [2.24, 2.45) is 5.92 Å². The summed E-state index contributed by atoms with van der Waals surface area (Å²) < 4.78 is 5.94. The number of hydrogen-bond donors (Lipinski definition) is 1. The number of piperidine rings is 1. The first-order chi connectivity index (χ1) is 8.19. The third-order valence-electron chi connectivity index (χ3n) is 2.91. The molecule has 1 aliphatic heterocycles. The molecule has 1 aromatic heterocycles. The van der Waals surface area contributed by atoms with Gasteiger partial charge in [-0.3, -0.25) is 0 Å². The normalized spacial score (nSPS) is 20.6. The van der Waals surface area contributed by atoms with Crippen LogP contribution in [0.2, 0.25) is 0 Å². The first-order valence-electron chi connectivity index (χ1n) is 5.73. The number of hydrogen-bond acceptors (Lipinski definition) is 5. The van der Waals surface area contributed by atoms with E-state index in [-0.39, 0.29) is 0 Å². The Morgan fingerprint density at radius 1 is 1.59 bits per heavy atom. The van der Waals surface area contributed by atoms with Gasteiger partial charge in [-0.05, 0) is 34.7 Å². The molecule has 1 aliphatic rings. The molecule has 2 heterocycles. The average Bonchev–Trinajstić information content (AvgIpc) is 2.28. The van der Waals surface area contributed by atoms with Crippen LogP contribution in [0.1, 0.15) is 12.8 Å². The summed E-state index contributed by atoms with van der Waals surface area (Å²) in [5.74, 6) is 1.76. The summed E-state index contributed by atoms with van der Waals surface area (Å²) in [5.41, 5.74) is 5.73. The lowest BCUT2D eigenvalue weighted by atomic mass is 9.99. The van der Waals surface area contributed by atoms with Crippen molar-refractivity contribution in [1.29, 1.82) is 0 Å². The smallest absolute Gasteiger partial charge is 0.228 e. The monoisotopic (exact) mass is 300 g/mol. The van der Waals surface area contributed by atoms with Crippen LogP contribution in [0.5, 0.6) is 0 Å².